The van der Waals surface area contributed by atoms with Gasteiger partial charge in [0.2, 0.25) is 0 Å². The molecule has 112 valence electrons. The number of nitrogens with one attached hydrogen (secondary N) is 1. The second-order valence-electron chi connectivity index (χ2n) is 6.04. The fourth-order valence-corrected chi connectivity index (χ4v) is 2.64. The summed E-state index contributed by atoms with van der Waals surface area (Å²) in [5.41, 5.74) is 3.74. The molecule has 1 aliphatic heterocycles. The van der Waals surface area contributed by atoms with Gasteiger partial charge in [-0.25, -0.2) is 0 Å². The first-order chi connectivity index (χ1) is 9.56. The van der Waals surface area contributed by atoms with Gasteiger partial charge in [-0.3, -0.25) is 0 Å². The van der Waals surface area contributed by atoms with Crippen molar-refractivity contribution in [1.82, 2.24) is 5.32 Å². The van der Waals surface area contributed by atoms with E-state index in [1.165, 1.54) is 16.7 Å². The van der Waals surface area contributed by atoms with E-state index in [9.17, 15) is 0 Å². The van der Waals surface area contributed by atoms with Crippen LogP contribution in [0.3, 0.4) is 0 Å². The summed E-state index contributed by atoms with van der Waals surface area (Å²) in [7, 11) is 0. The molecule has 1 saturated heterocycles. The molecule has 0 radical (unpaired) electrons. The Labute approximate surface area is 122 Å². The van der Waals surface area contributed by atoms with E-state index in [1.54, 1.807) is 0 Å². The number of benzene rings is 1. The van der Waals surface area contributed by atoms with Gasteiger partial charge in [-0.05, 0) is 43.4 Å². The topological polar surface area (TPSA) is 30.5 Å². The minimum atomic E-state index is 0.274. The quantitative estimate of drug-likeness (QED) is 0.865. The van der Waals surface area contributed by atoms with Crippen LogP contribution in [-0.2, 0) is 11.3 Å². The van der Waals surface area contributed by atoms with Gasteiger partial charge in [0.05, 0.1) is 6.10 Å². The smallest absolute Gasteiger partial charge is 0.125 e. The maximum atomic E-state index is 5.99. The normalized spacial score (nSPS) is 18.8. The Morgan fingerprint density at radius 3 is 2.55 bits per heavy atom. The van der Waals surface area contributed by atoms with Gasteiger partial charge in [-0.15, -0.1) is 0 Å². The summed E-state index contributed by atoms with van der Waals surface area (Å²) < 4.78 is 11.6. The zero-order valence-corrected chi connectivity index (χ0v) is 13.2. The zero-order valence-electron chi connectivity index (χ0n) is 13.2. The average Bonchev–Trinajstić information content (AvgIpc) is 2.88. The van der Waals surface area contributed by atoms with Crippen LogP contribution < -0.4 is 10.1 Å². The molecule has 1 N–H and O–H groups in total. The van der Waals surface area contributed by atoms with E-state index in [0.29, 0.717) is 12.6 Å². The fourth-order valence-electron chi connectivity index (χ4n) is 2.64. The Balaban J connectivity index is 1.98. The van der Waals surface area contributed by atoms with Crippen LogP contribution in [-0.4, -0.2) is 25.4 Å². The van der Waals surface area contributed by atoms with E-state index in [4.69, 9.17) is 9.47 Å². The summed E-state index contributed by atoms with van der Waals surface area (Å²) in [6.07, 6.45) is 2.55. The summed E-state index contributed by atoms with van der Waals surface area (Å²) in [6, 6.07) is 4.94. The highest BCUT2D eigenvalue weighted by Crippen LogP contribution is 2.26. The second-order valence-corrected chi connectivity index (χ2v) is 6.04. The molecule has 0 bridgehead atoms. The first-order valence-corrected chi connectivity index (χ1v) is 7.64. The maximum Gasteiger partial charge on any atom is 0.125 e. The van der Waals surface area contributed by atoms with Gasteiger partial charge in [-0.2, -0.15) is 0 Å². The predicted octanol–water partition coefficient (Wildman–Crippen LogP) is 3.36. The molecule has 1 aromatic carbocycles. The SMILES string of the molecule is Cc1cc(CNC(C)C)cc(C)c1OCC1CCCO1. The van der Waals surface area contributed by atoms with Crippen LogP contribution in [0, 0.1) is 13.8 Å². The molecule has 0 spiro atoms. The Bertz CT molecular complexity index is 414. The van der Waals surface area contributed by atoms with Crippen LogP contribution in [0.1, 0.15) is 43.4 Å². The van der Waals surface area contributed by atoms with Crippen molar-refractivity contribution in [3.05, 3.63) is 28.8 Å². The Morgan fingerprint density at radius 1 is 1.30 bits per heavy atom. The van der Waals surface area contributed by atoms with Gasteiger partial charge in [-0.1, -0.05) is 26.0 Å². The number of aryl methyl sites for hydroxylation is 2. The van der Waals surface area contributed by atoms with E-state index < -0.39 is 0 Å². The molecule has 2 rings (SSSR count). The molecule has 1 unspecified atom stereocenters. The van der Waals surface area contributed by atoms with Crippen molar-refractivity contribution in [2.45, 2.75) is 59.2 Å². The average molecular weight is 277 g/mol. The van der Waals surface area contributed by atoms with Crippen molar-refractivity contribution in [3.63, 3.8) is 0 Å². The van der Waals surface area contributed by atoms with Crippen LogP contribution in [0.15, 0.2) is 12.1 Å². The summed E-state index contributed by atoms with van der Waals surface area (Å²) in [4.78, 5) is 0. The Hall–Kier alpha value is -1.06. The molecule has 1 aliphatic rings. The third kappa shape index (κ3) is 4.22. The Kier molecular flexibility index (Phi) is 5.44. The molecule has 0 amide bonds. The molecule has 1 fully saturated rings. The lowest BCUT2D eigenvalue weighted by molar-refractivity contribution is 0.0675. The maximum absolute atomic E-state index is 5.99. The van der Waals surface area contributed by atoms with E-state index in [-0.39, 0.29) is 6.10 Å². The van der Waals surface area contributed by atoms with Gasteiger partial charge in [0.15, 0.2) is 0 Å². The van der Waals surface area contributed by atoms with Crippen LogP contribution in [0.4, 0.5) is 0 Å². The van der Waals surface area contributed by atoms with E-state index in [2.05, 4.69) is 45.1 Å². The van der Waals surface area contributed by atoms with E-state index in [0.717, 1.165) is 31.7 Å². The minimum Gasteiger partial charge on any atom is -0.490 e. The van der Waals surface area contributed by atoms with E-state index in [1.807, 2.05) is 0 Å². The fraction of sp³-hybridized carbons (Fsp3) is 0.647. The van der Waals surface area contributed by atoms with E-state index >= 15 is 0 Å². The lowest BCUT2D eigenvalue weighted by Crippen LogP contribution is -2.22. The monoisotopic (exact) mass is 277 g/mol. The number of hydrogen-bond donors (Lipinski definition) is 1. The van der Waals surface area contributed by atoms with Crippen LogP contribution >= 0.6 is 0 Å². The van der Waals surface area contributed by atoms with Gasteiger partial charge in [0.1, 0.15) is 12.4 Å². The van der Waals surface area contributed by atoms with Crippen molar-refractivity contribution in [2.24, 2.45) is 0 Å². The van der Waals surface area contributed by atoms with Crippen LogP contribution in [0.2, 0.25) is 0 Å². The molecule has 0 aromatic heterocycles. The molecule has 0 aliphatic carbocycles. The van der Waals surface area contributed by atoms with Crippen molar-refractivity contribution in [2.75, 3.05) is 13.2 Å². The highest BCUT2D eigenvalue weighted by molar-refractivity contribution is 5.43. The molecular weight excluding hydrogens is 250 g/mol. The first-order valence-electron chi connectivity index (χ1n) is 7.64. The largest absolute Gasteiger partial charge is 0.490 e. The summed E-state index contributed by atoms with van der Waals surface area (Å²) in [5, 5.41) is 3.45. The molecule has 1 heterocycles. The third-order valence-electron chi connectivity index (χ3n) is 3.67. The van der Waals surface area contributed by atoms with Crippen molar-refractivity contribution >= 4 is 0 Å². The van der Waals surface area contributed by atoms with Gasteiger partial charge >= 0.3 is 0 Å². The number of ether oxygens (including phenoxy) is 2. The number of rotatable bonds is 6. The standard InChI is InChI=1S/C17H27NO2/c1-12(2)18-10-15-8-13(3)17(14(4)9-15)20-11-16-6-5-7-19-16/h8-9,12,16,18H,5-7,10-11H2,1-4H3. The summed E-state index contributed by atoms with van der Waals surface area (Å²) in [6.45, 7) is 11.0. The molecule has 20 heavy (non-hydrogen) atoms. The summed E-state index contributed by atoms with van der Waals surface area (Å²) >= 11 is 0. The molecular formula is C17H27NO2. The molecule has 1 atom stereocenters. The number of hydrogen-bond acceptors (Lipinski definition) is 3. The van der Waals surface area contributed by atoms with Gasteiger partial charge < -0.3 is 14.8 Å². The molecule has 1 aromatic rings. The predicted molar refractivity (Wildman–Crippen MR) is 82.4 cm³/mol. The van der Waals surface area contributed by atoms with Crippen molar-refractivity contribution < 1.29 is 9.47 Å². The molecule has 3 nitrogen and oxygen atoms in total. The zero-order chi connectivity index (χ0) is 14.5. The first kappa shape index (κ1) is 15.3. The highest BCUT2D eigenvalue weighted by atomic mass is 16.5. The second kappa shape index (κ2) is 7.09. The molecule has 0 saturated carbocycles. The molecule has 3 heteroatoms. The van der Waals surface area contributed by atoms with Crippen LogP contribution in [0.25, 0.3) is 0 Å². The lowest BCUT2D eigenvalue weighted by atomic mass is 10.1. The minimum absolute atomic E-state index is 0.274. The Morgan fingerprint density at radius 2 is 2.00 bits per heavy atom. The third-order valence-corrected chi connectivity index (χ3v) is 3.67. The van der Waals surface area contributed by atoms with Crippen molar-refractivity contribution in [1.29, 1.82) is 0 Å². The van der Waals surface area contributed by atoms with Crippen LogP contribution in [0.5, 0.6) is 5.75 Å². The van der Waals surface area contributed by atoms with Gasteiger partial charge in [0, 0.05) is 19.2 Å². The summed E-state index contributed by atoms with van der Waals surface area (Å²) in [5.74, 6) is 1.02. The lowest BCUT2D eigenvalue weighted by Gasteiger charge is -2.17. The van der Waals surface area contributed by atoms with Gasteiger partial charge in [0.25, 0.3) is 0 Å². The van der Waals surface area contributed by atoms with Crippen molar-refractivity contribution in [3.8, 4) is 5.75 Å². The highest BCUT2D eigenvalue weighted by Gasteiger charge is 2.17.